The number of benzene rings is 2. The highest BCUT2D eigenvalue weighted by atomic mass is 16.6. The predicted octanol–water partition coefficient (Wildman–Crippen LogP) is 3.65. The van der Waals surface area contributed by atoms with Gasteiger partial charge in [-0.15, -0.1) is 0 Å². The third-order valence-electron chi connectivity index (χ3n) is 5.59. The SMILES string of the molecule is COc1ccccc1CN1C(=O)O[C@H]2CN(Cc3cc4ccccc4o3)C[C@H]21. The highest BCUT2D eigenvalue weighted by Crippen LogP contribution is 2.31. The summed E-state index contributed by atoms with van der Waals surface area (Å²) in [7, 11) is 1.65. The normalized spacial score (nSPS) is 21.9. The highest BCUT2D eigenvalue weighted by molar-refractivity contribution is 5.77. The number of ether oxygens (including phenoxy) is 2. The van der Waals surface area contributed by atoms with Crippen molar-refractivity contribution in [2.45, 2.75) is 25.2 Å². The molecule has 5 rings (SSSR count). The molecule has 6 nitrogen and oxygen atoms in total. The van der Waals surface area contributed by atoms with Crippen LogP contribution in [0.25, 0.3) is 11.0 Å². The molecule has 3 heterocycles. The number of furan rings is 1. The number of rotatable bonds is 5. The Morgan fingerprint density at radius 2 is 1.89 bits per heavy atom. The van der Waals surface area contributed by atoms with E-state index in [0.29, 0.717) is 13.1 Å². The first-order chi connectivity index (χ1) is 13.7. The predicted molar refractivity (Wildman–Crippen MR) is 104 cm³/mol. The van der Waals surface area contributed by atoms with E-state index >= 15 is 0 Å². The van der Waals surface area contributed by atoms with Crippen LogP contribution < -0.4 is 4.74 Å². The van der Waals surface area contributed by atoms with Crippen molar-refractivity contribution in [3.63, 3.8) is 0 Å². The zero-order valence-electron chi connectivity index (χ0n) is 15.7. The lowest BCUT2D eigenvalue weighted by atomic mass is 10.1. The largest absolute Gasteiger partial charge is 0.496 e. The summed E-state index contributed by atoms with van der Waals surface area (Å²) >= 11 is 0. The van der Waals surface area contributed by atoms with E-state index in [0.717, 1.165) is 41.1 Å². The van der Waals surface area contributed by atoms with E-state index in [1.54, 1.807) is 7.11 Å². The van der Waals surface area contributed by atoms with Crippen LogP contribution in [0.4, 0.5) is 4.79 Å². The second-order valence-electron chi connectivity index (χ2n) is 7.37. The summed E-state index contributed by atoms with van der Waals surface area (Å²) in [6.45, 7) is 2.68. The van der Waals surface area contributed by atoms with Crippen molar-refractivity contribution in [1.29, 1.82) is 0 Å². The molecule has 2 saturated heterocycles. The van der Waals surface area contributed by atoms with Gasteiger partial charge in [-0.3, -0.25) is 9.80 Å². The van der Waals surface area contributed by atoms with Crippen molar-refractivity contribution in [3.8, 4) is 5.75 Å². The van der Waals surface area contributed by atoms with Crippen molar-refractivity contribution >= 4 is 17.1 Å². The Bertz CT molecular complexity index is 981. The minimum absolute atomic E-state index is 0.0433. The van der Waals surface area contributed by atoms with Gasteiger partial charge in [0.05, 0.1) is 26.2 Å². The maximum Gasteiger partial charge on any atom is 0.410 e. The molecule has 2 atom stereocenters. The van der Waals surface area contributed by atoms with Gasteiger partial charge in [0.2, 0.25) is 0 Å². The van der Waals surface area contributed by atoms with Crippen molar-refractivity contribution in [2.75, 3.05) is 20.2 Å². The number of para-hydroxylation sites is 2. The van der Waals surface area contributed by atoms with Crippen molar-refractivity contribution in [2.24, 2.45) is 0 Å². The average Bonchev–Trinajstić information content (AvgIpc) is 3.36. The number of hydrogen-bond acceptors (Lipinski definition) is 5. The number of nitrogens with zero attached hydrogens (tertiary/aromatic N) is 2. The van der Waals surface area contributed by atoms with E-state index in [4.69, 9.17) is 13.9 Å². The molecule has 1 amide bonds. The van der Waals surface area contributed by atoms with Crippen LogP contribution in [0.3, 0.4) is 0 Å². The summed E-state index contributed by atoms with van der Waals surface area (Å²) < 4.78 is 17.0. The van der Waals surface area contributed by atoms with Crippen LogP contribution in [0, 0.1) is 0 Å². The van der Waals surface area contributed by atoms with Gasteiger partial charge in [-0.05, 0) is 18.2 Å². The Kier molecular flexibility index (Phi) is 4.20. The fourth-order valence-corrected chi connectivity index (χ4v) is 4.24. The molecule has 1 aromatic heterocycles. The number of carbonyl (C=O) groups is 1. The number of carbonyl (C=O) groups excluding carboxylic acids is 1. The molecule has 28 heavy (non-hydrogen) atoms. The van der Waals surface area contributed by atoms with E-state index in [1.807, 2.05) is 47.4 Å². The first-order valence-corrected chi connectivity index (χ1v) is 9.50. The van der Waals surface area contributed by atoms with Crippen molar-refractivity contribution in [3.05, 3.63) is 65.9 Å². The zero-order valence-corrected chi connectivity index (χ0v) is 15.7. The van der Waals surface area contributed by atoms with Crippen LogP contribution in [0.2, 0.25) is 0 Å². The Labute approximate surface area is 163 Å². The van der Waals surface area contributed by atoms with Gasteiger partial charge in [0.25, 0.3) is 0 Å². The Morgan fingerprint density at radius 1 is 1.07 bits per heavy atom. The van der Waals surface area contributed by atoms with Crippen molar-refractivity contribution in [1.82, 2.24) is 9.80 Å². The van der Waals surface area contributed by atoms with Crippen LogP contribution in [0.15, 0.2) is 59.0 Å². The van der Waals surface area contributed by atoms with Gasteiger partial charge < -0.3 is 13.9 Å². The molecule has 0 N–H and O–H groups in total. The molecule has 2 fully saturated rings. The van der Waals surface area contributed by atoms with Gasteiger partial charge in [-0.1, -0.05) is 36.4 Å². The van der Waals surface area contributed by atoms with Gasteiger partial charge >= 0.3 is 6.09 Å². The van der Waals surface area contributed by atoms with E-state index in [1.165, 1.54) is 0 Å². The lowest BCUT2D eigenvalue weighted by molar-refractivity contribution is 0.118. The Balaban J connectivity index is 1.30. The first-order valence-electron chi connectivity index (χ1n) is 9.50. The first kappa shape index (κ1) is 17.1. The van der Waals surface area contributed by atoms with Crippen LogP contribution >= 0.6 is 0 Å². The fourth-order valence-electron chi connectivity index (χ4n) is 4.24. The van der Waals surface area contributed by atoms with Crippen molar-refractivity contribution < 1.29 is 18.7 Å². The molecule has 2 aromatic carbocycles. The van der Waals surface area contributed by atoms with Gasteiger partial charge in [0.15, 0.2) is 0 Å². The molecule has 0 saturated carbocycles. The van der Waals surface area contributed by atoms with E-state index in [9.17, 15) is 4.79 Å². The number of amides is 1. The molecule has 2 aliphatic heterocycles. The third kappa shape index (κ3) is 2.99. The molecular formula is C22H22N2O4. The van der Waals surface area contributed by atoms with E-state index < -0.39 is 0 Å². The Morgan fingerprint density at radius 3 is 2.75 bits per heavy atom. The number of fused-ring (bicyclic) bond motifs is 2. The summed E-state index contributed by atoms with van der Waals surface area (Å²) in [5, 5.41) is 1.11. The van der Waals surface area contributed by atoms with Crippen LogP contribution in [0.5, 0.6) is 5.75 Å². The van der Waals surface area contributed by atoms with Crippen LogP contribution in [-0.4, -0.2) is 48.2 Å². The molecule has 0 radical (unpaired) electrons. The zero-order chi connectivity index (χ0) is 19.1. The van der Waals surface area contributed by atoms with Gasteiger partial charge in [-0.2, -0.15) is 0 Å². The van der Waals surface area contributed by atoms with E-state index in [2.05, 4.69) is 17.0 Å². The highest BCUT2D eigenvalue weighted by Gasteiger charge is 2.47. The fraction of sp³-hybridized carbons (Fsp3) is 0.318. The summed E-state index contributed by atoms with van der Waals surface area (Å²) in [6, 6.07) is 17.9. The summed E-state index contributed by atoms with van der Waals surface area (Å²) in [4.78, 5) is 16.5. The maximum atomic E-state index is 12.4. The molecular weight excluding hydrogens is 356 g/mol. The monoisotopic (exact) mass is 378 g/mol. The quantitative estimate of drug-likeness (QED) is 0.678. The molecule has 0 bridgehead atoms. The average molecular weight is 378 g/mol. The minimum atomic E-state index is -0.246. The number of hydrogen-bond donors (Lipinski definition) is 0. The summed E-state index contributed by atoms with van der Waals surface area (Å²) in [6.07, 6.45) is -0.351. The molecule has 0 unspecified atom stereocenters. The maximum absolute atomic E-state index is 12.4. The summed E-state index contributed by atoms with van der Waals surface area (Å²) in [5.41, 5.74) is 1.89. The second kappa shape index (κ2) is 6.87. The number of likely N-dealkylation sites (tertiary alicyclic amines) is 1. The number of methoxy groups -OCH3 is 1. The van der Waals surface area contributed by atoms with Crippen LogP contribution in [0.1, 0.15) is 11.3 Å². The molecule has 0 aliphatic carbocycles. The molecule has 0 spiro atoms. The lowest BCUT2D eigenvalue weighted by Gasteiger charge is -2.22. The lowest BCUT2D eigenvalue weighted by Crippen LogP contribution is -2.37. The standard InChI is InChI=1S/C22H22N2O4/c1-26-19-8-4-3-7-16(19)11-24-18-13-23(14-21(18)28-22(24)25)12-17-10-15-6-2-5-9-20(15)27-17/h2-10,18,21H,11-14H2,1H3/t18-,21+/m1/s1. The molecule has 144 valence electrons. The second-order valence-corrected chi connectivity index (χ2v) is 7.37. The molecule has 2 aliphatic rings. The van der Waals surface area contributed by atoms with Gasteiger partial charge in [-0.25, -0.2) is 4.79 Å². The smallest absolute Gasteiger partial charge is 0.410 e. The topological polar surface area (TPSA) is 55.1 Å². The summed E-state index contributed by atoms with van der Waals surface area (Å²) in [5.74, 6) is 1.72. The minimum Gasteiger partial charge on any atom is -0.496 e. The van der Waals surface area contributed by atoms with Gasteiger partial charge in [0.1, 0.15) is 23.2 Å². The van der Waals surface area contributed by atoms with E-state index in [-0.39, 0.29) is 18.2 Å². The molecule has 6 heteroatoms. The van der Waals surface area contributed by atoms with Gasteiger partial charge in [0, 0.05) is 24.0 Å². The third-order valence-corrected chi connectivity index (χ3v) is 5.59. The Hall–Kier alpha value is -2.99. The van der Waals surface area contributed by atoms with Crippen LogP contribution in [-0.2, 0) is 17.8 Å². The molecule has 3 aromatic rings.